The maximum atomic E-state index is 9.39. The Morgan fingerprint density at radius 1 is 1.53 bits per heavy atom. The minimum atomic E-state index is -0.147. The van der Waals surface area contributed by atoms with Gasteiger partial charge in [-0.15, -0.1) is 11.3 Å². The van der Waals surface area contributed by atoms with Crippen LogP contribution in [0.4, 0.5) is 0 Å². The second kappa shape index (κ2) is 6.99. The van der Waals surface area contributed by atoms with Crippen LogP contribution in [0.1, 0.15) is 31.6 Å². The molecule has 15 heavy (non-hydrogen) atoms. The Morgan fingerprint density at radius 2 is 2.33 bits per heavy atom. The van der Waals surface area contributed by atoms with Crippen molar-refractivity contribution in [2.24, 2.45) is 0 Å². The standard InChI is InChI=1S/C12H21NOS/c1-3-11(14)6-7-13-10(2)9-12-5-4-8-15-12/h4-5,8,10-11,13-14H,3,6-7,9H2,1-2H3. The highest BCUT2D eigenvalue weighted by atomic mass is 32.1. The van der Waals surface area contributed by atoms with Gasteiger partial charge in [0.1, 0.15) is 0 Å². The quantitative estimate of drug-likeness (QED) is 0.750. The van der Waals surface area contributed by atoms with Crippen molar-refractivity contribution >= 4 is 11.3 Å². The van der Waals surface area contributed by atoms with E-state index in [2.05, 4.69) is 29.8 Å². The smallest absolute Gasteiger partial charge is 0.0549 e. The Bertz CT molecular complexity index is 248. The second-order valence-corrected chi connectivity index (χ2v) is 5.02. The van der Waals surface area contributed by atoms with Gasteiger partial charge in [-0.2, -0.15) is 0 Å². The molecule has 0 aliphatic rings. The predicted molar refractivity (Wildman–Crippen MR) is 66.4 cm³/mol. The van der Waals surface area contributed by atoms with Gasteiger partial charge >= 0.3 is 0 Å². The first kappa shape index (κ1) is 12.7. The van der Waals surface area contributed by atoms with Crippen LogP contribution in [-0.4, -0.2) is 23.8 Å². The van der Waals surface area contributed by atoms with Crippen molar-refractivity contribution in [3.05, 3.63) is 22.4 Å². The molecule has 2 N–H and O–H groups in total. The van der Waals surface area contributed by atoms with Crippen molar-refractivity contribution in [1.29, 1.82) is 0 Å². The van der Waals surface area contributed by atoms with Crippen LogP contribution in [0.5, 0.6) is 0 Å². The zero-order valence-electron chi connectivity index (χ0n) is 9.57. The minimum Gasteiger partial charge on any atom is -0.393 e. The van der Waals surface area contributed by atoms with Gasteiger partial charge in [-0.1, -0.05) is 13.0 Å². The zero-order chi connectivity index (χ0) is 11.1. The topological polar surface area (TPSA) is 32.3 Å². The van der Waals surface area contributed by atoms with Gasteiger partial charge in [0.05, 0.1) is 6.10 Å². The summed E-state index contributed by atoms with van der Waals surface area (Å²) in [7, 11) is 0. The molecule has 1 heterocycles. The van der Waals surface area contributed by atoms with Gasteiger partial charge in [-0.25, -0.2) is 0 Å². The molecular weight excluding hydrogens is 206 g/mol. The Morgan fingerprint density at radius 3 is 2.93 bits per heavy atom. The van der Waals surface area contributed by atoms with Crippen molar-refractivity contribution in [3.63, 3.8) is 0 Å². The Balaban J connectivity index is 2.11. The molecule has 0 aliphatic carbocycles. The Labute approximate surface area is 96.3 Å². The van der Waals surface area contributed by atoms with Gasteiger partial charge in [-0.05, 0) is 44.2 Å². The van der Waals surface area contributed by atoms with E-state index in [1.807, 2.05) is 6.92 Å². The third-order valence-electron chi connectivity index (χ3n) is 2.53. The van der Waals surface area contributed by atoms with Crippen molar-refractivity contribution in [2.75, 3.05) is 6.54 Å². The van der Waals surface area contributed by atoms with Gasteiger partial charge < -0.3 is 10.4 Å². The third kappa shape index (κ3) is 5.30. The van der Waals surface area contributed by atoms with Gasteiger partial charge in [0.2, 0.25) is 0 Å². The van der Waals surface area contributed by atoms with Crippen LogP contribution in [-0.2, 0) is 6.42 Å². The van der Waals surface area contributed by atoms with Crippen LogP contribution in [0.2, 0.25) is 0 Å². The van der Waals surface area contributed by atoms with Gasteiger partial charge in [0.25, 0.3) is 0 Å². The molecule has 86 valence electrons. The first-order valence-corrected chi connectivity index (χ1v) is 6.54. The molecule has 0 amide bonds. The molecule has 0 fully saturated rings. The van der Waals surface area contributed by atoms with Crippen LogP contribution >= 0.6 is 11.3 Å². The summed E-state index contributed by atoms with van der Waals surface area (Å²) < 4.78 is 0. The molecule has 0 aromatic carbocycles. The summed E-state index contributed by atoms with van der Waals surface area (Å²) in [5, 5.41) is 14.9. The number of hydrogen-bond donors (Lipinski definition) is 2. The monoisotopic (exact) mass is 227 g/mol. The van der Waals surface area contributed by atoms with Crippen molar-refractivity contribution in [3.8, 4) is 0 Å². The average molecular weight is 227 g/mol. The van der Waals surface area contributed by atoms with Crippen molar-refractivity contribution in [2.45, 2.75) is 45.3 Å². The fourth-order valence-electron chi connectivity index (χ4n) is 1.50. The van der Waals surface area contributed by atoms with E-state index in [1.165, 1.54) is 4.88 Å². The summed E-state index contributed by atoms with van der Waals surface area (Å²) >= 11 is 1.81. The predicted octanol–water partition coefficient (Wildman–Crippen LogP) is 2.43. The molecular formula is C12H21NOS. The molecule has 0 spiro atoms. The number of nitrogens with one attached hydrogen (secondary N) is 1. The fraction of sp³-hybridized carbons (Fsp3) is 0.667. The lowest BCUT2D eigenvalue weighted by Gasteiger charge is -2.14. The molecule has 1 aromatic heterocycles. The molecule has 0 radical (unpaired) electrons. The Hall–Kier alpha value is -0.380. The van der Waals surface area contributed by atoms with E-state index in [9.17, 15) is 5.11 Å². The SMILES string of the molecule is CCC(O)CCNC(C)Cc1cccs1. The van der Waals surface area contributed by atoms with Crippen LogP contribution < -0.4 is 5.32 Å². The van der Waals surface area contributed by atoms with E-state index >= 15 is 0 Å². The molecule has 2 unspecified atom stereocenters. The van der Waals surface area contributed by atoms with E-state index < -0.39 is 0 Å². The highest BCUT2D eigenvalue weighted by Crippen LogP contribution is 2.10. The zero-order valence-corrected chi connectivity index (χ0v) is 10.4. The lowest BCUT2D eigenvalue weighted by atomic mass is 10.1. The molecule has 0 bridgehead atoms. The second-order valence-electron chi connectivity index (χ2n) is 3.99. The number of rotatable bonds is 7. The number of aliphatic hydroxyl groups excluding tert-OH is 1. The summed E-state index contributed by atoms with van der Waals surface area (Å²) in [5.74, 6) is 0. The lowest BCUT2D eigenvalue weighted by molar-refractivity contribution is 0.159. The maximum Gasteiger partial charge on any atom is 0.0549 e. The molecule has 0 saturated heterocycles. The van der Waals surface area contributed by atoms with Gasteiger partial charge in [0, 0.05) is 10.9 Å². The lowest BCUT2D eigenvalue weighted by Crippen LogP contribution is -2.30. The first-order chi connectivity index (χ1) is 7.22. The molecule has 1 aromatic rings. The molecule has 0 aliphatic heterocycles. The molecule has 2 nitrogen and oxygen atoms in total. The number of hydrogen-bond acceptors (Lipinski definition) is 3. The normalized spacial score (nSPS) is 15.1. The minimum absolute atomic E-state index is 0.147. The largest absolute Gasteiger partial charge is 0.393 e. The highest BCUT2D eigenvalue weighted by Gasteiger charge is 2.05. The molecule has 1 rings (SSSR count). The summed E-state index contributed by atoms with van der Waals surface area (Å²) in [6, 6.07) is 4.75. The third-order valence-corrected chi connectivity index (χ3v) is 3.43. The van der Waals surface area contributed by atoms with E-state index in [0.717, 1.165) is 25.8 Å². The molecule has 0 saturated carbocycles. The van der Waals surface area contributed by atoms with Crippen LogP contribution in [0.3, 0.4) is 0 Å². The average Bonchev–Trinajstić information content (AvgIpc) is 2.70. The summed E-state index contributed by atoms with van der Waals surface area (Å²) in [6.07, 6.45) is 2.64. The number of thiophene rings is 1. The summed E-state index contributed by atoms with van der Waals surface area (Å²) in [6.45, 7) is 5.11. The van der Waals surface area contributed by atoms with Crippen LogP contribution in [0.15, 0.2) is 17.5 Å². The van der Waals surface area contributed by atoms with Crippen LogP contribution in [0, 0.1) is 0 Å². The highest BCUT2D eigenvalue weighted by molar-refractivity contribution is 7.09. The number of aliphatic hydroxyl groups is 1. The van der Waals surface area contributed by atoms with E-state index in [-0.39, 0.29) is 6.10 Å². The van der Waals surface area contributed by atoms with E-state index in [0.29, 0.717) is 6.04 Å². The maximum absolute atomic E-state index is 9.39. The van der Waals surface area contributed by atoms with E-state index in [4.69, 9.17) is 0 Å². The molecule has 3 heteroatoms. The first-order valence-electron chi connectivity index (χ1n) is 5.66. The van der Waals surface area contributed by atoms with Crippen molar-refractivity contribution in [1.82, 2.24) is 5.32 Å². The fourth-order valence-corrected chi connectivity index (χ4v) is 2.34. The molecule has 2 atom stereocenters. The van der Waals surface area contributed by atoms with Gasteiger partial charge in [0.15, 0.2) is 0 Å². The van der Waals surface area contributed by atoms with Crippen LogP contribution in [0.25, 0.3) is 0 Å². The Kier molecular flexibility index (Phi) is 5.91. The van der Waals surface area contributed by atoms with Gasteiger partial charge in [-0.3, -0.25) is 0 Å². The summed E-state index contributed by atoms with van der Waals surface area (Å²) in [4.78, 5) is 1.42. The van der Waals surface area contributed by atoms with Crippen molar-refractivity contribution < 1.29 is 5.11 Å². The summed E-state index contributed by atoms with van der Waals surface area (Å²) in [5.41, 5.74) is 0. The van der Waals surface area contributed by atoms with E-state index in [1.54, 1.807) is 11.3 Å².